The molecule has 2 rings (SSSR count). The highest BCUT2D eigenvalue weighted by Crippen LogP contribution is 2.12. The number of hydrogen-bond donors (Lipinski definition) is 1. The molecule has 21 heavy (non-hydrogen) atoms. The molecule has 0 saturated carbocycles. The summed E-state index contributed by atoms with van der Waals surface area (Å²) in [5.74, 6) is 0.317. The van der Waals surface area contributed by atoms with Crippen molar-refractivity contribution in [2.24, 2.45) is 7.05 Å². The van der Waals surface area contributed by atoms with Crippen LogP contribution < -0.4 is 5.32 Å². The van der Waals surface area contributed by atoms with Crippen molar-refractivity contribution in [3.05, 3.63) is 47.2 Å². The first-order valence-corrected chi connectivity index (χ1v) is 8.39. The van der Waals surface area contributed by atoms with E-state index in [4.69, 9.17) is 0 Å². The average molecular weight is 307 g/mol. The van der Waals surface area contributed by atoms with Crippen LogP contribution in [0.2, 0.25) is 0 Å². The zero-order valence-electron chi connectivity index (χ0n) is 12.1. The number of carbonyl (C=O) groups excluding carboxylic acids is 1. The molecule has 0 aliphatic heterocycles. The van der Waals surface area contributed by atoms with Crippen molar-refractivity contribution in [2.75, 3.05) is 11.6 Å². The Kier molecular flexibility index (Phi) is 4.13. The van der Waals surface area contributed by atoms with Gasteiger partial charge in [-0.1, -0.05) is 12.1 Å². The largest absolute Gasteiger partial charge is 0.307 e. The van der Waals surface area contributed by atoms with E-state index in [9.17, 15) is 13.2 Å². The number of nitrogens with one attached hydrogen (secondary N) is 1. The predicted octanol–water partition coefficient (Wildman–Crippen LogP) is 1.53. The first kappa shape index (κ1) is 15.2. The van der Waals surface area contributed by atoms with E-state index in [-0.39, 0.29) is 11.7 Å². The second-order valence-electron chi connectivity index (χ2n) is 5.02. The molecule has 0 fully saturated rings. The van der Waals surface area contributed by atoms with Gasteiger partial charge in [0.1, 0.15) is 5.82 Å². The second kappa shape index (κ2) is 5.69. The monoisotopic (exact) mass is 307 g/mol. The Hall–Kier alpha value is -2.15. The Morgan fingerprint density at radius 3 is 2.38 bits per heavy atom. The second-order valence-corrected chi connectivity index (χ2v) is 7.16. The third-order valence-corrected chi connectivity index (χ3v) is 3.75. The Morgan fingerprint density at radius 1 is 1.29 bits per heavy atom. The Labute approximate surface area is 123 Å². The third-order valence-electron chi connectivity index (χ3n) is 2.89. The van der Waals surface area contributed by atoms with E-state index in [2.05, 4.69) is 10.4 Å². The minimum absolute atomic E-state index is 0.0319. The van der Waals surface area contributed by atoms with Gasteiger partial charge < -0.3 is 5.32 Å². The number of rotatable bonds is 4. The maximum Gasteiger partial charge on any atom is 0.256 e. The van der Waals surface area contributed by atoms with E-state index in [1.54, 1.807) is 42.1 Å². The number of amides is 1. The summed E-state index contributed by atoms with van der Waals surface area (Å²) in [6.07, 6.45) is 1.18. The van der Waals surface area contributed by atoms with Crippen LogP contribution in [0.5, 0.6) is 0 Å². The number of aromatic nitrogens is 2. The fraction of sp³-hybridized carbons (Fsp3) is 0.286. The molecule has 0 saturated heterocycles. The van der Waals surface area contributed by atoms with Crippen molar-refractivity contribution in [1.29, 1.82) is 0 Å². The van der Waals surface area contributed by atoms with E-state index in [0.717, 1.165) is 5.69 Å². The first-order valence-electron chi connectivity index (χ1n) is 6.33. The highest BCUT2D eigenvalue weighted by molar-refractivity contribution is 7.89. The number of aryl methyl sites for hydroxylation is 2. The normalized spacial score (nSPS) is 11.4. The summed E-state index contributed by atoms with van der Waals surface area (Å²) >= 11 is 0. The molecule has 1 aromatic heterocycles. The molecule has 0 unspecified atom stereocenters. The van der Waals surface area contributed by atoms with Crippen LogP contribution in [-0.2, 0) is 22.6 Å². The summed E-state index contributed by atoms with van der Waals surface area (Å²) in [7, 11) is -1.33. The zero-order valence-corrected chi connectivity index (χ0v) is 12.9. The van der Waals surface area contributed by atoms with Crippen molar-refractivity contribution in [3.63, 3.8) is 0 Å². The molecule has 6 nitrogen and oxygen atoms in total. The van der Waals surface area contributed by atoms with Crippen LogP contribution in [0.15, 0.2) is 30.3 Å². The lowest BCUT2D eigenvalue weighted by molar-refractivity contribution is 0.102. The number of anilines is 1. The number of nitrogens with zero attached hydrogens (tertiary/aromatic N) is 2. The summed E-state index contributed by atoms with van der Waals surface area (Å²) < 4.78 is 24.0. The van der Waals surface area contributed by atoms with Gasteiger partial charge in [-0.15, -0.1) is 0 Å². The molecule has 0 atom stereocenters. The average Bonchev–Trinajstić information content (AvgIpc) is 2.66. The number of benzene rings is 1. The highest BCUT2D eigenvalue weighted by Gasteiger charge is 2.10. The lowest BCUT2D eigenvalue weighted by atomic mass is 10.1. The van der Waals surface area contributed by atoms with Gasteiger partial charge in [-0.3, -0.25) is 9.48 Å². The van der Waals surface area contributed by atoms with Crippen LogP contribution in [0, 0.1) is 6.92 Å². The summed E-state index contributed by atoms with van der Waals surface area (Å²) in [4.78, 5) is 12.1. The molecule has 7 heteroatoms. The van der Waals surface area contributed by atoms with Crippen molar-refractivity contribution in [2.45, 2.75) is 12.7 Å². The molecule has 0 aliphatic carbocycles. The van der Waals surface area contributed by atoms with Gasteiger partial charge in [0.25, 0.3) is 5.91 Å². The van der Waals surface area contributed by atoms with E-state index in [1.165, 1.54) is 6.26 Å². The van der Waals surface area contributed by atoms with Crippen LogP contribution in [0.25, 0.3) is 0 Å². The van der Waals surface area contributed by atoms with Gasteiger partial charge >= 0.3 is 0 Å². The zero-order chi connectivity index (χ0) is 15.6. The van der Waals surface area contributed by atoms with E-state index in [1.807, 2.05) is 6.92 Å². The van der Waals surface area contributed by atoms with Crippen molar-refractivity contribution in [3.8, 4) is 0 Å². The maximum absolute atomic E-state index is 12.1. The summed E-state index contributed by atoms with van der Waals surface area (Å²) in [5.41, 5.74) is 1.94. The maximum atomic E-state index is 12.1. The van der Waals surface area contributed by atoms with Gasteiger partial charge in [-0.2, -0.15) is 5.10 Å². The minimum Gasteiger partial charge on any atom is -0.307 e. The smallest absolute Gasteiger partial charge is 0.256 e. The number of hydrogen-bond acceptors (Lipinski definition) is 4. The summed E-state index contributed by atoms with van der Waals surface area (Å²) in [6, 6.07) is 8.28. The van der Waals surface area contributed by atoms with Crippen LogP contribution in [0.3, 0.4) is 0 Å². The van der Waals surface area contributed by atoms with Crippen LogP contribution >= 0.6 is 0 Å². The van der Waals surface area contributed by atoms with Gasteiger partial charge in [-0.25, -0.2) is 8.42 Å². The minimum atomic E-state index is -3.07. The topological polar surface area (TPSA) is 81.1 Å². The lowest BCUT2D eigenvalue weighted by Crippen LogP contribution is -2.14. The predicted molar refractivity (Wildman–Crippen MR) is 80.9 cm³/mol. The van der Waals surface area contributed by atoms with Crippen molar-refractivity contribution >= 4 is 21.6 Å². The van der Waals surface area contributed by atoms with E-state index >= 15 is 0 Å². The van der Waals surface area contributed by atoms with Gasteiger partial charge in [0.2, 0.25) is 0 Å². The Balaban J connectivity index is 2.11. The standard InChI is InChI=1S/C14H17N3O3S/c1-10-8-13(17(2)16-10)15-14(18)12-6-4-11(5-7-12)9-21(3,19)20/h4-8H,9H2,1-3H3,(H,15,18). The lowest BCUT2D eigenvalue weighted by Gasteiger charge is -2.06. The van der Waals surface area contributed by atoms with Gasteiger partial charge in [0, 0.05) is 24.9 Å². The SMILES string of the molecule is Cc1cc(NC(=O)c2ccc(CS(C)(=O)=O)cc2)n(C)n1. The first-order chi connectivity index (χ1) is 9.74. The fourth-order valence-electron chi connectivity index (χ4n) is 1.97. The molecule has 0 spiro atoms. The van der Waals surface area contributed by atoms with Crippen molar-refractivity contribution in [1.82, 2.24) is 9.78 Å². The summed E-state index contributed by atoms with van der Waals surface area (Å²) in [6.45, 7) is 1.84. The molecule has 1 N–H and O–H groups in total. The van der Waals surface area contributed by atoms with Crippen molar-refractivity contribution < 1.29 is 13.2 Å². The van der Waals surface area contributed by atoms with E-state index < -0.39 is 9.84 Å². The third kappa shape index (κ3) is 4.16. The molecule has 0 radical (unpaired) electrons. The molecule has 1 aromatic carbocycles. The molecule has 0 aliphatic rings. The number of carbonyl (C=O) groups is 1. The van der Waals surface area contributed by atoms with Gasteiger partial charge in [0.05, 0.1) is 11.4 Å². The number of sulfone groups is 1. The Morgan fingerprint density at radius 2 is 1.90 bits per heavy atom. The van der Waals surface area contributed by atoms with Crippen LogP contribution in [0.1, 0.15) is 21.6 Å². The van der Waals surface area contributed by atoms with Gasteiger partial charge in [0.15, 0.2) is 9.84 Å². The fourth-order valence-corrected chi connectivity index (χ4v) is 2.77. The van der Waals surface area contributed by atoms with Crippen LogP contribution in [0.4, 0.5) is 5.82 Å². The molecular weight excluding hydrogens is 290 g/mol. The molecular formula is C14H17N3O3S. The Bertz CT molecular complexity index is 761. The molecule has 2 aromatic rings. The van der Waals surface area contributed by atoms with E-state index in [0.29, 0.717) is 16.9 Å². The highest BCUT2D eigenvalue weighted by atomic mass is 32.2. The molecule has 112 valence electrons. The molecule has 0 bridgehead atoms. The summed E-state index contributed by atoms with van der Waals surface area (Å²) in [5, 5.41) is 6.91. The van der Waals surface area contributed by atoms with Gasteiger partial charge in [-0.05, 0) is 24.6 Å². The molecule has 1 amide bonds. The quantitative estimate of drug-likeness (QED) is 0.928. The molecule has 1 heterocycles. The van der Waals surface area contributed by atoms with Crippen LogP contribution in [-0.4, -0.2) is 30.4 Å².